The van der Waals surface area contributed by atoms with Gasteiger partial charge in [-0.3, -0.25) is 5.32 Å². The lowest BCUT2D eigenvalue weighted by Crippen LogP contribution is -2.27. The normalized spacial score (nSPS) is 13.7. The van der Waals surface area contributed by atoms with Crippen molar-refractivity contribution >= 4 is 11.8 Å². The van der Waals surface area contributed by atoms with Gasteiger partial charge in [0.1, 0.15) is 17.1 Å². The number of benzene rings is 2. The number of nitrogens with one attached hydrogen (secondary N) is 1. The van der Waals surface area contributed by atoms with E-state index in [9.17, 15) is 9.18 Å². The minimum Gasteiger partial charge on any atom is -0.457 e. The number of hydrogen-bond acceptors (Lipinski definition) is 6. The molecule has 1 saturated carbocycles. The van der Waals surface area contributed by atoms with Crippen LogP contribution in [-0.2, 0) is 4.74 Å². The molecule has 0 radical (unpaired) electrons. The quantitative estimate of drug-likeness (QED) is 0.563. The van der Waals surface area contributed by atoms with Gasteiger partial charge in [-0.15, -0.1) is 10.2 Å². The van der Waals surface area contributed by atoms with Crippen molar-refractivity contribution in [1.82, 2.24) is 10.2 Å². The highest BCUT2D eigenvalue weighted by Crippen LogP contribution is 2.40. The van der Waals surface area contributed by atoms with Crippen LogP contribution in [0.25, 0.3) is 11.5 Å². The molecule has 0 unspecified atom stereocenters. The van der Waals surface area contributed by atoms with Crippen molar-refractivity contribution in [3.8, 4) is 23.0 Å². The fraction of sp³-hybridized carbons (Fsp3) is 0.318. The number of anilines is 1. The van der Waals surface area contributed by atoms with Gasteiger partial charge in [0.25, 0.3) is 0 Å². The summed E-state index contributed by atoms with van der Waals surface area (Å²) in [6, 6.07) is 11.3. The van der Waals surface area contributed by atoms with Gasteiger partial charge in [-0.25, -0.2) is 9.18 Å². The maximum Gasteiger partial charge on any atom is 0.412 e. The van der Waals surface area contributed by atoms with E-state index >= 15 is 0 Å². The minimum absolute atomic E-state index is 0.00353. The summed E-state index contributed by atoms with van der Waals surface area (Å²) in [6.07, 6.45) is 1.43. The molecule has 8 heteroatoms. The highest BCUT2D eigenvalue weighted by Gasteiger charge is 2.29. The van der Waals surface area contributed by atoms with Gasteiger partial charge < -0.3 is 13.9 Å². The Kier molecular flexibility index (Phi) is 5.15. The van der Waals surface area contributed by atoms with Crippen LogP contribution >= 0.6 is 0 Å². The highest BCUT2D eigenvalue weighted by molar-refractivity contribution is 5.85. The van der Waals surface area contributed by atoms with E-state index in [2.05, 4.69) is 15.5 Å². The lowest BCUT2D eigenvalue weighted by Gasteiger charge is -2.19. The van der Waals surface area contributed by atoms with E-state index in [1.807, 2.05) is 6.07 Å². The van der Waals surface area contributed by atoms with E-state index in [-0.39, 0.29) is 11.4 Å². The molecule has 0 aliphatic heterocycles. The van der Waals surface area contributed by atoms with Gasteiger partial charge >= 0.3 is 6.09 Å². The number of carbonyl (C=O) groups excluding carboxylic acids is 1. The first-order valence-electron chi connectivity index (χ1n) is 9.68. The molecule has 2 aromatic carbocycles. The third-order valence-electron chi connectivity index (χ3n) is 4.26. The van der Waals surface area contributed by atoms with Crippen molar-refractivity contribution in [2.75, 3.05) is 5.32 Å². The second-order valence-electron chi connectivity index (χ2n) is 8.12. The standard InChI is InChI=1S/C22H22FN3O4/c1-22(2,3)30-21(27)24-18-10-9-16(12-17(18)23)28-15-6-4-5-14(11-15)20-26-25-19(29-20)13-7-8-13/h4-6,9-13H,7-8H2,1-3H3,(H,24,27). The maximum absolute atomic E-state index is 14.4. The van der Waals surface area contributed by atoms with E-state index in [0.29, 0.717) is 23.4 Å². The van der Waals surface area contributed by atoms with Crippen molar-refractivity contribution in [2.24, 2.45) is 0 Å². The molecule has 1 aliphatic rings. The number of carbonyl (C=O) groups is 1. The third-order valence-corrected chi connectivity index (χ3v) is 4.26. The molecule has 1 N–H and O–H groups in total. The van der Waals surface area contributed by atoms with Crippen LogP contribution in [0, 0.1) is 5.82 Å². The van der Waals surface area contributed by atoms with Crippen LogP contribution in [0.5, 0.6) is 11.5 Å². The Morgan fingerprint density at radius 2 is 1.90 bits per heavy atom. The minimum atomic E-state index is -0.729. The smallest absolute Gasteiger partial charge is 0.412 e. The molecule has 0 saturated heterocycles. The number of rotatable bonds is 5. The summed E-state index contributed by atoms with van der Waals surface area (Å²) in [5.74, 6) is 1.59. The molecule has 3 aromatic rings. The van der Waals surface area contributed by atoms with Gasteiger partial charge in [-0.2, -0.15) is 0 Å². The molecular formula is C22H22FN3O4. The zero-order valence-corrected chi connectivity index (χ0v) is 16.9. The molecule has 7 nitrogen and oxygen atoms in total. The Hall–Kier alpha value is -3.42. The van der Waals surface area contributed by atoms with Gasteiger partial charge in [0.2, 0.25) is 11.8 Å². The number of amides is 1. The Morgan fingerprint density at radius 3 is 2.60 bits per heavy atom. The van der Waals surface area contributed by atoms with Crippen molar-refractivity contribution in [1.29, 1.82) is 0 Å². The zero-order valence-electron chi connectivity index (χ0n) is 16.9. The summed E-state index contributed by atoms with van der Waals surface area (Å²) in [6.45, 7) is 5.19. The average molecular weight is 411 g/mol. The number of ether oxygens (including phenoxy) is 2. The number of halogens is 1. The summed E-state index contributed by atoms with van der Waals surface area (Å²) < 4.78 is 31.0. The lowest BCUT2D eigenvalue weighted by atomic mass is 10.2. The molecule has 30 heavy (non-hydrogen) atoms. The molecule has 1 amide bonds. The summed E-state index contributed by atoms with van der Waals surface area (Å²) in [4.78, 5) is 11.8. The van der Waals surface area contributed by atoms with Gasteiger partial charge in [-0.1, -0.05) is 6.07 Å². The molecule has 1 heterocycles. The van der Waals surface area contributed by atoms with Crippen molar-refractivity contribution in [3.63, 3.8) is 0 Å². The molecule has 0 spiro atoms. The molecule has 4 rings (SSSR count). The van der Waals surface area contributed by atoms with E-state index < -0.39 is 17.5 Å². The first-order valence-corrected chi connectivity index (χ1v) is 9.68. The van der Waals surface area contributed by atoms with E-state index in [1.54, 1.807) is 45.0 Å². The van der Waals surface area contributed by atoms with Gasteiger partial charge in [0.15, 0.2) is 5.82 Å². The second-order valence-corrected chi connectivity index (χ2v) is 8.12. The van der Waals surface area contributed by atoms with Crippen molar-refractivity contribution < 1.29 is 23.1 Å². The lowest BCUT2D eigenvalue weighted by molar-refractivity contribution is 0.0635. The van der Waals surface area contributed by atoms with Gasteiger partial charge in [-0.05, 0) is 63.9 Å². The molecule has 1 aliphatic carbocycles. The fourth-order valence-electron chi connectivity index (χ4n) is 2.75. The molecule has 156 valence electrons. The predicted octanol–water partition coefficient (Wildman–Crippen LogP) is 5.89. The Balaban J connectivity index is 1.45. The Bertz CT molecular complexity index is 1070. The molecule has 0 bridgehead atoms. The topological polar surface area (TPSA) is 86.5 Å². The van der Waals surface area contributed by atoms with Crippen molar-refractivity contribution in [2.45, 2.75) is 45.1 Å². The van der Waals surface area contributed by atoms with Crippen LogP contribution in [-0.4, -0.2) is 21.9 Å². The van der Waals surface area contributed by atoms with Crippen LogP contribution < -0.4 is 10.1 Å². The van der Waals surface area contributed by atoms with Crippen LogP contribution in [0.4, 0.5) is 14.9 Å². The van der Waals surface area contributed by atoms with E-state index in [0.717, 1.165) is 18.4 Å². The molecule has 1 fully saturated rings. The third kappa shape index (κ3) is 4.94. The predicted molar refractivity (Wildman–Crippen MR) is 108 cm³/mol. The second kappa shape index (κ2) is 7.78. The summed E-state index contributed by atoms with van der Waals surface area (Å²) >= 11 is 0. The van der Waals surface area contributed by atoms with E-state index in [1.165, 1.54) is 12.1 Å². The van der Waals surface area contributed by atoms with Gasteiger partial charge in [0, 0.05) is 17.5 Å². The fourth-order valence-corrected chi connectivity index (χ4v) is 2.75. The summed E-state index contributed by atoms with van der Waals surface area (Å²) in [5, 5.41) is 10.6. The molecule has 0 atom stereocenters. The maximum atomic E-state index is 14.4. The van der Waals surface area contributed by atoms with Crippen LogP contribution in [0.1, 0.15) is 45.4 Å². The van der Waals surface area contributed by atoms with Crippen LogP contribution in [0.15, 0.2) is 46.9 Å². The van der Waals surface area contributed by atoms with E-state index in [4.69, 9.17) is 13.9 Å². The van der Waals surface area contributed by atoms with Gasteiger partial charge in [0.05, 0.1) is 5.69 Å². The number of hydrogen-bond donors (Lipinski definition) is 1. The molecule has 1 aromatic heterocycles. The summed E-state index contributed by atoms with van der Waals surface area (Å²) in [5.41, 5.74) is 0.0475. The van der Waals surface area contributed by atoms with Crippen LogP contribution in [0.3, 0.4) is 0 Å². The first-order chi connectivity index (χ1) is 14.3. The number of nitrogens with zero attached hydrogens (tertiary/aromatic N) is 2. The molecular weight excluding hydrogens is 389 g/mol. The SMILES string of the molecule is CC(C)(C)OC(=O)Nc1ccc(Oc2cccc(-c3nnc(C4CC4)o3)c2)cc1F. The highest BCUT2D eigenvalue weighted by atomic mass is 19.1. The number of aromatic nitrogens is 2. The first kappa shape index (κ1) is 19.9. The Morgan fingerprint density at radius 1 is 1.13 bits per heavy atom. The van der Waals surface area contributed by atoms with Crippen molar-refractivity contribution in [3.05, 3.63) is 54.2 Å². The monoisotopic (exact) mass is 411 g/mol. The Labute approximate surface area is 173 Å². The largest absolute Gasteiger partial charge is 0.457 e. The summed E-state index contributed by atoms with van der Waals surface area (Å²) in [7, 11) is 0. The average Bonchev–Trinajstić information content (AvgIpc) is 3.39. The zero-order chi connectivity index (χ0) is 21.3. The van der Waals surface area contributed by atoms with Crippen LogP contribution in [0.2, 0.25) is 0 Å².